The van der Waals surface area contributed by atoms with Crippen molar-refractivity contribution in [1.82, 2.24) is 0 Å². The second-order valence-corrected chi connectivity index (χ2v) is 25.5. The van der Waals surface area contributed by atoms with Crippen molar-refractivity contribution in [3.8, 4) is 0 Å². The van der Waals surface area contributed by atoms with E-state index in [1.807, 2.05) is 0 Å². The molecule has 0 spiro atoms. The van der Waals surface area contributed by atoms with Crippen LogP contribution in [0.4, 0.5) is 13.3 Å². The van der Waals surface area contributed by atoms with E-state index < -0.39 is 62.0 Å². The van der Waals surface area contributed by atoms with Crippen molar-refractivity contribution in [3.63, 3.8) is 0 Å². The maximum absolute atomic E-state index is 14.7. The van der Waals surface area contributed by atoms with E-state index in [2.05, 4.69) is 0 Å². The van der Waals surface area contributed by atoms with Crippen LogP contribution in [0.25, 0.3) is 0 Å². The SMILES string of the molecule is C[Si]1(O)O[Si]2(C)O[Si](C)(O)O[Si]3(C)O[Si](O)(F)O[Si](C)(O1)O[Si](C)(O2)O3.FF.[H-].[H-].[H-].[Na+].[Na+].[Na+]. The maximum atomic E-state index is 14.7. The summed E-state index contributed by atoms with van der Waals surface area (Å²) in [6.07, 6.45) is 0. The average Bonchev–Trinajstić information content (AvgIpc) is 2.27. The zero-order valence-corrected chi connectivity index (χ0v) is 31.6. The molecule has 3 fully saturated rings. The molecule has 0 amide bonds. The van der Waals surface area contributed by atoms with Crippen LogP contribution >= 0.6 is 0 Å². The Hall–Kier alpha value is 3.83. The van der Waals surface area contributed by atoms with Gasteiger partial charge < -0.3 is 55.7 Å². The molecule has 0 aromatic rings. The van der Waals surface area contributed by atoms with Gasteiger partial charge in [0.05, 0.1) is 0 Å². The van der Waals surface area contributed by atoms with Gasteiger partial charge in [0, 0.05) is 48.4 Å². The van der Waals surface area contributed by atoms with E-state index in [1.165, 1.54) is 39.3 Å². The van der Waals surface area contributed by atoms with Crippen LogP contribution in [0.15, 0.2) is 0 Å². The van der Waals surface area contributed by atoms with Crippen molar-refractivity contribution in [2.75, 3.05) is 0 Å². The number of rotatable bonds is 0. The minimum atomic E-state index is -5.38. The molecule has 3 rings (SSSR count). The Labute approximate surface area is 255 Å². The Morgan fingerprint density at radius 2 is 0.677 bits per heavy atom. The van der Waals surface area contributed by atoms with Crippen molar-refractivity contribution < 1.29 is 158 Å². The molecule has 3 saturated heterocycles. The van der Waals surface area contributed by atoms with E-state index in [-0.39, 0.29) is 93.0 Å². The third-order valence-electron chi connectivity index (χ3n) is 3.23. The van der Waals surface area contributed by atoms with Crippen LogP contribution in [-0.4, -0.2) is 76.4 Å². The van der Waals surface area contributed by atoms with Gasteiger partial charge in [0.2, 0.25) is 0 Å². The average molecular weight is 611 g/mol. The monoisotopic (exact) mass is 610 g/mol. The number of hydrogen-bond donors (Lipinski definition) is 3. The molecule has 0 radical (unpaired) electrons. The zero-order valence-electron chi connectivity index (χ0n) is 21.6. The first-order valence-corrected chi connectivity index (χ1v) is 22.7. The molecule has 4 bridgehead atoms. The molecular formula is C6H24F3Na3O12Si7. The first-order chi connectivity index (χ1) is 12.4. The largest absolute Gasteiger partial charge is 1.00 e. The van der Waals surface area contributed by atoms with Crippen molar-refractivity contribution in [2.24, 2.45) is 0 Å². The maximum Gasteiger partial charge on any atom is 1.00 e. The second-order valence-electron chi connectivity index (χ2n) is 6.67. The normalized spacial score (nSPS) is 51.5. The Kier molecular flexibility index (Phi) is 14.5. The van der Waals surface area contributed by atoms with Crippen LogP contribution in [0.3, 0.4) is 0 Å². The van der Waals surface area contributed by atoms with Crippen molar-refractivity contribution in [1.29, 1.82) is 0 Å². The molecule has 12 nitrogen and oxygen atoms in total. The Balaban J connectivity index is -0.000000341. The van der Waals surface area contributed by atoms with Gasteiger partial charge in [0.15, 0.2) is 0 Å². The predicted octanol–water partition coefficient (Wildman–Crippen LogP) is -8.84. The van der Waals surface area contributed by atoms with E-state index in [0.717, 1.165) is 0 Å². The molecular weight excluding hydrogens is 587 g/mol. The summed E-state index contributed by atoms with van der Waals surface area (Å²) in [6.45, 7) is 7.83. The van der Waals surface area contributed by atoms with E-state index >= 15 is 0 Å². The molecule has 25 heteroatoms. The molecule has 172 valence electrons. The molecule has 4 atom stereocenters. The van der Waals surface area contributed by atoms with Crippen LogP contribution in [0.2, 0.25) is 39.3 Å². The summed E-state index contributed by atoms with van der Waals surface area (Å²) < 4.78 is 80.5. The minimum Gasteiger partial charge on any atom is -1.00 e. The minimum absolute atomic E-state index is 0. The zero-order chi connectivity index (χ0) is 21.9. The molecule has 0 aliphatic carbocycles. The van der Waals surface area contributed by atoms with Gasteiger partial charge >= 0.3 is 151 Å². The van der Waals surface area contributed by atoms with Crippen molar-refractivity contribution >= 4 is 62.0 Å². The summed E-state index contributed by atoms with van der Waals surface area (Å²) in [5, 5.41) is 0. The van der Waals surface area contributed by atoms with Gasteiger partial charge in [0.25, 0.3) is 0 Å². The van der Waals surface area contributed by atoms with Gasteiger partial charge in [-0.1, -0.05) is 0 Å². The molecule has 0 aromatic heterocycles. The third-order valence-corrected chi connectivity index (χ3v) is 29.1. The van der Waals surface area contributed by atoms with Crippen LogP contribution < -0.4 is 88.7 Å². The molecule has 3 aliphatic rings. The summed E-state index contributed by atoms with van der Waals surface area (Å²) in [5.74, 6) is 0. The van der Waals surface area contributed by atoms with Crippen LogP contribution in [0.1, 0.15) is 4.28 Å². The van der Waals surface area contributed by atoms with E-state index in [0.29, 0.717) is 0 Å². The Morgan fingerprint density at radius 1 is 0.484 bits per heavy atom. The Bertz CT molecular complexity index is 536. The molecule has 3 N–H and O–H groups in total. The van der Waals surface area contributed by atoms with E-state index in [4.69, 9.17) is 46.2 Å². The predicted molar refractivity (Wildman–Crippen MR) is 98.5 cm³/mol. The first-order valence-electron chi connectivity index (χ1n) is 7.68. The fraction of sp³-hybridized carbons (Fsp3) is 1.00. The number of halogens is 3. The topological polar surface area (TPSA) is 144 Å². The quantitative estimate of drug-likeness (QED) is 0.177. The summed E-state index contributed by atoms with van der Waals surface area (Å²) in [6, 6.07) is 0. The first kappa shape index (κ1) is 37.0. The molecule has 31 heavy (non-hydrogen) atoms. The summed E-state index contributed by atoms with van der Waals surface area (Å²) >= 11 is 0. The summed E-state index contributed by atoms with van der Waals surface area (Å²) in [7, 11) is -29.1. The van der Waals surface area contributed by atoms with E-state index in [9.17, 15) is 18.5 Å². The smallest absolute Gasteiger partial charge is 1.00 e. The number of fused-ring (bicyclic) bond motifs is 3. The molecule has 3 heterocycles. The van der Waals surface area contributed by atoms with Gasteiger partial charge in [-0.2, -0.15) is 0 Å². The molecule has 0 aromatic carbocycles. The van der Waals surface area contributed by atoms with Crippen molar-refractivity contribution in [2.45, 2.75) is 39.3 Å². The van der Waals surface area contributed by atoms with E-state index in [1.54, 1.807) is 0 Å². The fourth-order valence-corrected chi connectivity index (χ4v) is 34.0. The van der Waals surface area contributed by atoms with Gasteiger partial charge in [-0.3, -0.25) is 0 Å². The molecule has 3 aliphatic heterocycles. The summed E-state index contributed by atoms with van der Waals surface area (Å²) in [5.41, 5.74) is 0. The number of hydrogen-bond acceptors (Lipinski definition) is 12. The standard InChI is InChI=1S/C6H21FO12Si7.F2.3Na.3H/c1-20(8)11-22(3)12-21(2,9)14-24(5)17-25(6,15-22)16-23(4,13-20)18-26(7,10)19-24;1-2;;;;;;/h8-10H,1-6H3;;;;;;;/q;;3*+1;3*-1. The van der Waals surface area contributed by atoms with Crippen molar-refractivity contribution in [3.05, 3.63) is 0 Å². The summed E-state index contributed by atoms with van der Waals surface area (Å²) in [4.78, 5) is 31.1. The van der Waals surface area contributed by atoms with Crippen LogP contribution in [-0.2, 0) is 37.0 Å². The van der Waals surface area contributed by atoms with Crippen LogP contribution in [0, 0.1) is 0 Å². The van der Waals surface area contributed by atoms with Gasteiger partial charge in [0.1, 0.15) is 0 Å². The molecule has 0 saturated carbocycles. The Morgan fingerprint density at radius 3 is 0.935 bits per heavy atom. The van der Waals surface area contributed by atoms with Gasteiger partial charge in [-0.05, 0) is 0 Å². The third kappa shape index (κ3) is 10.2. The van der Waals surface area contributed by atoms with Crippen LogP contribution in [0.5, 0.6) is 0 Å². The van der Waals surface area contributed by atoms with Gasteiger partial charge in [-0.15, -0.1) is 0 Å². The molecule has 4 unspecified atom stereocenters. The fourth-order valence-electron chi connectivity index (χ4n) is 3.16. The van der Waals surface area contributed by atoms with Gasteiger partial charge in [-0.25, -0.2) is 4.11 Å². The second kappa shape index (κ2) is 12.1.